The van der Waals surface area contributed by atoms with Crippen LogP contribution < -0.4 is 12.3 Å². The highest BCUT2D eigenvalue weighted by atomic mass is 16.4. The summed E-state index contributed by atoms with van der Waals surface area (Å²) in [5.74, 6) is -3.05. The van der Waals surface area contributed by atoms with Gasteiger partial charge in [0.2, 0.25) is 0 Å². The highest BCUT2D eigenvalue weighted by Gasteiger charge is 2.17. The lowest BCUT2D eigenvalue weighted by Gasteiger charge is -2.03. The van der Waals surface area contributed by atoms with Crippen molar-refractivity contribution in [2.75, 3.05) is 0 Å². The fourth-order valence-electron chi connectivity index (χ4n) is 2.08. The molecule has 1 unspecified atom stereocenters. The molecular weight excluding hydrogens is 284 g/mol. The quantitative estimate of drug-likeness (QED) is 0.289. The Morgan fingerprint density at radius 3 is 1.86 bits per heavy atom. The minimum atomic E-state index is -1.07. The molecule has 0 heterocycles. The number of carboxylic acid groups (broad SMARTS) is 2. The number of carboxylic acids is 2. The molecule has 1 atom stereocenters. The number of carbonyl (C=O) groups is 2. The van der Waals surface area contributed by atoms with Crippen LogP contribution in [0.5, 0.6) is 0 Å². The van der Waals surface area contributed by atoms with Crippen LogP contribution in [0.15, 0.2) is 12.2 Å². The van der Waals surface area contributed by atoms with Gasteiger partial charge in [-0.2, -0.15) is 0 Å². The van der Waals surface area contributed by atoms with Gasteiger partial charge in [0, 0.05) is 0 Å². The molecule has 0 aliphatic rings. The standard InChI is InChI=1S/C16H28O4.2H3N/c1-2-3-4-5-6-7-8-9-10-11-12-14(16(19)20)13-15(17)18;;/h11-12,14H,2-10,13H2,1H3,(H,17,18)(H,19,20);2*1H3/b12-11+;;. The van der Waals surface area contributed by atoms with Crippen molar-refractivity contribution >= 4 is 11.9 Å². The summed E-state index contributed by atoms with van der Waals surface area (Å²) in [6.07, 6.45) is 13.7. The van der Waals surface area contributed by atoms with Gasteiger partial charge in [0.15, 0.2) is 0 Å². The topological polar surface area (TPSA) is 145 Å². The SMILES string of the molecule is CCCCCCCCCC/C=C/C(CC(=O)O)C(=O)O.N.N. The molecule has 6 heteroatoms. The van der Waals surface area contributed by atoms with Gasteiger partial charge in [0.1, 0.15) is 0 Å². The Kier molecular flexibility index (Phi) is 20.5. The maximum absolute atomic E-state index is 10.8. The van der Waals surface area contributed by atoms with E-state index in [2.05, 4.69) is 6.92 Å². The first kappa shape index (κ1) is 25.5. The van der Waals surface area contributed by atoms with Gasteiger partial charge in [-0.05, 0) is 12.8 Å². The summed E-state index contributed by atoms with van der Waals surface area (Å²) >= 11 is 0. The number of aliphatic carboxylic acids is 2. The second-order valence-electron chi connectivity index (χ2n) is 5.23. The van der Waals surface area contributed by atoms with E-state index in [-0.39, 0.29) is 18.7 Å². The van der Waals surface area contributed by atoms with Crippen molar-refractivity contribution < 1.29 is 19.8 Å². The summed E-state index contributed by atoms with van der Waals surface area (Å²) in [6, 6.07) is 0. The van der Waals surface area contributed by atoms with E-state index in [0.717, 1.165) is 19.3 Å². The van der Waals surface area contributed by atoms with Crippen LogP contribution in [0.1, 0.15) is 71.1 Å². The van der Waals surface area contributed by atoms with Crippen LogP contribution in [0.3, 0.4) is 0 Å². The van der Waals surface area contributed by atoms with E-state index in [1.165, 1.54) is 44.6 Å². The smallest absolute Gasteiger partial charge is 0.310 e. The zero-order valence-corrected chi connectivity index (χ0v) is 13.9. The first-order valence-corrected chi connectivity index (χ1v) is 7.69. The molecule has 8 N–H and O–H groups in total. The predicted molar refractivity (Wildman–Crippen MR) is 89.8 cm³/mol. The Morgan fingerprint density at radius 2 is 1.41 bits per heavy atom. The Morgan fingerprint density at radius 1 is 0.909 bits per heavy atom. The highest BCUT2D eigenvalue weighted by molar-refractivity contribution is 5.79. The van der Waals surface area contributed by atoms with E-state index in [1.54, 1.807) is 6.08 Å². The van der Waals surface area contributed by atoms with Gasteiger partial charge in [-0.1, -0.05) is 64.0 Å². The van der Waals surface area contributed by atoms with E-state index in [0.29, 0.717) is 0 Å². The summed E-state index contributed by atoms with van der Waals surface area (Å²) in [4.78, 5) is 21.3. The van der Waals surface area contributed by atoms with Gasteiger partial charge in [0.25, 0.3) is 0 Å². The first-order valence-electron chi connectivity index (χ1n) is 7.69. The summed E-state index contributed by atoms with van der Waals surface area (Å²) < 4.78 is 0. The van der Waals surface area contributed by atoms with Crippen LogP contribution in [-0.4, -0.2) is 22.2 Å². The average molecular weight is 318 g/mol. The second-order valence-corrected chi connectivity index (χ2v) is 5.23. The summed E-state index contributed by atoms with van der Waals surface area (Å²) in [7, 11) is 0. The zero-order valence-electron chi connectivity index (χ0n) is 13.9. The van der Waals surface area contributed by atoms with Crippen LogP contribution in [0, 0.1) is 5.92 Å². The van der Waals surface area contributed by atoms with Crippen molar-refractivity contribution in [1.29, 1.82) is 0 Å². The minimum Gasteiger partial charge on any atom is -0.481 e. The third-order valence-electron chi connectivity index (χ3n) is 3.30. The minimum absolute atomic E-state index is 0. The molecule has 0 aromatic heterocycles. The van der Waals surface area contributed by atoms with Gasteiger partial charge < -0.3 is 22.5 Å². The zero-order chi connectivity index (χ0) is 15.2. The second kappa shape index (κ2) is 17.7. The lowest BCUT2D eigenvalue weighted by molar-refractivity contribution is -0.146. The van der Waals surface area contributed by atoms with Crippen molar-refractivity contribution in [2.24, 2.45) is 5.92 Å². The highest BCUT2D eigenvalue weighted by Crippen LogP contribution is 2.11. The Bertz CT molecular complexity index is 307. The fourth-order valence-corrected chi connectivity index (χ4v) is 2.08. The molecule has 0 amide bonds. The monoisotopic (exact) mass is 318 g/mol. The molecule has 0 aliphatic carbocycles. The molecule has 6 nitrogen and oxygen atoms in total. The van der Waals surface area contributed by atoms with Crippen LogP contribution >= 0.6 is 0 Å². The molecule has 0 spiro atoms. The van der Waals surface area contributed by atoms with E-state index >= 15 is 0 Å². The normalized spacial score (nSPS) is 11.5. The average Bonchev–Trinajstić information content (AvgIpc) is 2.39. The summed E-state index contributed by atoms with van der Waals surface area (Å²) in [5.41, 5.74) is 0. The van der Waals surface area contributed by atoms with Crippen molar-refractivity contribution in [3.8, 4) is 0 Å². The maximum Gasteiger partial charge on any atom is 0.310 e. The maximum atomic E-state index is 10.8. The molecule has 0 fully saturated rings. The molecular formula is C16H34N2O4. The van der Waals surface area contributed by atoms with Gasteiger partial charge in [-0.15, -0.1) is 0 Å². The van der Waals surface area contributed by atoms with E-state index < -0.39 is 17.9 Å². The van der Waals surface area contributed by atoms with E-state index in [9.17, 15) is 9.59 Å². The van der Waals surface area contributed by atoms with Crippen LogP contribution in [0.4, 0.5) is 0 Å². The molecule has 0 aromatic rings. The van der Waals surface area contributed by atoms with E-state index in [4.69, 9.17) is 10.2 Å². The molecule has 132 valence electrons. The van der Waals surface area contributed by atoms with Crippen molar-refractivity contribution in [1.82, 2.24) is 12.3 Å². The number of rotatable bonds is 13. The van der Waals surface area contributed by atoms with E-state index in [1.807, 2.05) is 0 Å². The third kappa shape index (κ3) is 16.7. The molecule has 0 rings (SSSR count). The van der Waals surface area contributed by atoms with Crippen LogP contribution in [0.2, 0.25) is 0 Å². The van der Waals surface area contributed by atoms with Crippen molar-refractivity contribution in [3.05, 3.63) is 12.2 Å². The van der Waals surface area contributed by atoms with Crippen LogP contribution in [-0.2, 0) is 9.59 Å². The van der Waals surface area contributed by atoms with Gasteiger partial charge in [-0.25, -0.2) is 0 Å². The predicted octanol–water partition coefficient (Wildman–Crippen LogP) is 4.57. The number of hydrogen-bond acceptors (Lipinski definition) is 4. The number of allylic oxidation sites excluding steroid dienone is 1. The molecule has 0 aliphatic heterocycles. The summed E-state index contributed by atoms with van der Waals surface area (Å²) in [5, 5.41) is 17.4. The molecule has 0 saturated heterocycles. The van der Waals surface area contributed by atoms with Crippen LogP contribution in [0.25, 0.3) is 0 Å². The lowest BCUT2D eigenvalue weighted by Crippen LogP contribution is -2.15. The van der Waals surface area contributed by atoms with Crippen molar-refractivity contribution in [2.45, 2.75) is 71.1 Å². The molecule has 0 radical (unpaired) electrons. The Hall–Kier alpha value is -1.40. The molecule has 0 aromatic carbocycles. The largest absolute Gasteiger partial charge is 0.481 e. The Labute approximate surface area is 134 Å². The molecule has 22 heavy (non-hydrogen) atoms. The Balaban J connectivity index is -0.00000180. The first-order chi connectivity index (χ1) is 9.57. The number of hydrogen-bond donors (Lipinski definition) is 4. The van der Waals surface area contributed by atoms with Gasteiger partial charge >= 0.3 is 11.9 Å². The third-order valence-corrected chi connectivity index (χ3v) is 3.30. The summed E-state index contributed by atoms with van der Waals surface area (Å²) in [6.45, 7) is 2.21. The number of unbranched alkanes of at least 4 members (excludes halogenated alkanes) is 8. The lowest BCUT2D eigenvalue weighted by atomic mass is 10.0. The molecule has 0 saturated carbocycles. The van der Waals surface area contributed by atoms with Gasteiger partial charge in [-0.3, -0.25) is 9.59 Å². The fraction of sp³-hybridized carbons (Fsp3) is 0.750. The molecule has 0 bridgehead atoms. The van der Waals surface area contributed by atoms with Crippen molar-refractivity contribution in [3.63, 3.8) is 0 Å². The van der Waals surface area contributed by atoms with Gasteiger partial charge in [0.05, 0.1) is 12.3 Å².